The first-order valence-corrected chi connectivity index (χ1v) is 4.56. The largest absolute Gasteiger partial charge is 0.504 e. The van der Waals surface area contributed by atoms with Gasteiger partial charge in [0, 0.05) is 5.56 Å². The molecule has 0 atom stereocenters. The van der Waals surface area contributed by atoms with Gasteiger partial charge in [-0.2, -0.15) is 0 Å². The summed E-state index contributed by atoms with van der Waals surface area (Å²) in [6.07, 6.45) is 0.645. The van der Waals surface area contributed by atoms with Crippen LogP contribution in [0.1, 0.15) is 10.4 Å². The Morgan fingerprint density at radius 3 is 3.00 bits per heavy atom. The molecule has 0 aliphatic carbocycles. The van der Waals surface area contributed by atoms with E-state index in [1.54, 1.807) is 6.07 Å². The number of aromatic hydroxyl groups is 1. The van der Waals surface area contributed by atoms with Crippen LogP contribution >= 0.6 is 11.3 Å². The van der Waals surface area contributed by atoms with E-state index in [4.69, 9.17) is 5.73 Å². The molecule has 1 heterocycles. The molecule has 0 aliphatic rings. The molecule has 0 bridgehead atoms. The third kappa shape index (κ3) is 1.07. The van der Waals surface area contributed by atoms with E-state index in [2.05, 4.69) is 0 Å². The summed E-state index contributed by atoms with van der Waals surface area (Å²) in [6, 6.07) is 3.51. The minimum atomic E-state index is 0.00889. The predicted molar refractivity (Wildman–Crippen MR) is 53.3 cm³/mol. The molecule has 0 aliphatic heterocycles. The van der Waals surface area contributed by atoms with E-state index in [1.807, 2.05) is 11.4 Å². The van der Waals surface area contributed by atoms with Gasteiger partial charge in [-0.1, -0.05) is 0 Å². The molecule has 3 nitrogen and oxygen atoms in total. The maximum Gasteiger partial charge on any atom is 0.157 e. The Kier molecular flexibility index (Phi) is 1.70. The summed E-state index contributed by atoms with van der Waals surface area (Å²) in [7, 11) is 0. The lowest BCUT2D eigenvalue weighted by Crippen LogP contribution is -1.92. The SMILES string of the molecule is Nc1c(C=O)cc2ccsc2c1O. The Morgan fingerprint density at radius 1 is 1.54 bits per heavy atom. The van der Waals surface area contributed by atoms with E-state index in [-0.39, 0.29) is 11.4 Å². The fraction of sp³-hybridized carbons (Fsp3) is 0. The topological polar surface area (TPSA) is 63.3 Å². The Morgan fingerprint density at radius 2 is 2.31 bits per heavy atom. The van der Waals surface area contributed by atoms with E-state index in [9.17, 15) is 9.90 Å². The first-order chi connectivity index (χ1) is 6.24. The number of carbonyl (C=O) groups excluding carboxylic acids is 1. The van der Waals surface area contributed by atoms with Crippen molar-refractivity contribution in [2.24, 2.45) is 0 Å². The van der Waals surface area contributed by atoms with Crippen LogP contribution in [0.2, 0.25) is 0 Å². The van der Waals surface area contributed by atoms with Crippen LogP contribution < -0.4 is 5.73 Å². The predicted octanol–water partition coefficient (Wildman–Crippen LogP) is 2.00. The van der Waals surface area contributed by atoms with E-state index < -0.39 is 0 Å². The molecule has 1 aromatic heterocycles. The number of thiophene rings is 1. The van der Waals surface area contributed by atoms with Crippen molar-refractivity contribution >= 4 is 33.4 Å². The number of benzene rings is 1. The molecule has 0 fully saturated rings. The number of anilines is 1. The zero-order valence-corrected chi connectivity index (χ0v) is 7.47. The van der Waals surface area contributed by atoms with Crippen molar-refractivity contribution in [3.63, 3.8) is 0 Å². The van der Waals surface area contributed by atoms with Crippen LogP contribution in [0.4, 0.5) is 5.69 Å². The number of aldehydes is 1. The van der Waals surface area contributed by atoms with Crippen LogP contribution in [0, 0.1) is 0 Å². The Bertz CT molecular complexity index is 476. The second kappa shape index (κ2) is 2.74. The number of nitrogen functional groups attached to an aromatic ring is 1. The van der Waals surface area contributed by atoms with E-state index in [0.717, 1.165) is 10.1 Å². The summed E-state index contributed by atoms with van der Waals surface area (Å²) in [5.74, 6) is 0.00889. The van der Waals surface area contributed by atoms with Gasteiger partial charge < -0.3 is 10.8 Å². The number of phenolic OH excluding ortho intramolecular Hbond substituents is 1. The van der Waals surface area contributed by atoms with Gasteiger partial charge in [-0.3, -0.25) is 4.79 Å². The number of phenols is 1. The molecule has 0 saturated carbocycles. The van der Waals surface area contributed by atoms with Crippen molar-refractivity contribution in [3.8, 4) is 5.75 Å². The molecule has 2 rings (SSSR count). The molecule has 0 radical (unpaired) electrons. The minimum absolute atomic E-state index is 0.00889. The fourth-order valence-corrected chi connectivity index (χ4v) is 2.06. The molecule has 3 N–H and O–H groups in total. The highest BCUT2D eigenvalue weighted by Gasteiger charge is 2.09. The van der Waals surface area contributed by atoms with E-state index >= 15 is 0 Å². The molecule has 4 heteroatoms. The zero-order valence-electron chi connectivity index (χ0n) is 6.65. The van der Waals surface area contributed by atoms with E-state index in [0.29, 0.717) is 11.8 Å². The van der Waals surface area contributed by atoms with Crippen LogP contribution in [-0.4, -0.2) is 11.4 Å². The molecule has 0 unspecified atom stereocenters. The quantitative estimate of drug-likeness (QED) is 0.413. The number of carbonyl (C=O) groups is 1. The van der Waals surface area contributed by atoms with Crippen molar-refractivity contribution in [2.45, 2.75) is 0 Å². The van der Waals surface area contributed by atoms with Gasteiger partial charge in [0.15, 0.2) is 12.0 Å². The highest BCUT2D eigenvalue weighted by Crippen LogP contribution is 2.36. The average Bonchev–Trinajstić information content (AvgIpc) is 2.59. The van der Waals surface area contributed by atoms with Crippen LogP contribution in [-0.2, 0) is 0 Å². The second-order valence-corrected chi connectivity index (χ2v) is 3.60. The Balaban J connectivity index is 2.91. The number of hydrogen-bond donors (Lipinski definition) is 2. The van der Waals surface area contributed by atoms with Crippen molar-refractivity contribution in [2.75, 3.05) is 5.73 Å². The molecular formula is C9H7NO2S. The summed E-state index contributed by atoms with van der Waals surface area (Å²) in [6.45, 7) is 0. The monoisotopic (exact) mass is 193 g/mol. The molecule has 1 aromatic carbocycles. The maximum absolute atomic E-state index is 10.6. The number of nitrogens with two attached hydrogens (primary N) is 1. The highest BCUT2D eigenvalue weighted by atomic mass is 32.1. The lowest BCUT2D eigenvalue weighted by atomic mass is 10.1. The van der Waals surface area contributed by atoms with Gasteiger partial charge in [0.05, 0.1) is 10.4 Å². The van der Waals surface area contributed by atoms with Crippen molar-refractivity contribution in [3.05, 3.63) is 23.1 Å². The summed E-state index contributed by atoms with van der Waals surface area (Å²) in [4.78, 5) is 10.6. The van der Waals surface area contributed by atoms with Crippen LogP contribution in [0.25, 0.3) is 10.1 Å². The normalized spacial score (nSPS) is 10.5. The standard InChI is InChI=1S/C9H7NO2S/c10-7-6(4-11)3-5-1-2-13-9(5)8(7)12/h1-4,12H,10H2. The van der Waals surface area contributed by atoms with Crippen molar-refractivity contribution < 1.29 is 9.90 Å². The Labute approximate surface area is 78.4 Å². The highest BCUT2D eigenvalue weighted by molar-refractivity contribution is 7.17. The van der Waals surface area contributed by atoms with Gasteiger partial charge in [-0.05, 0) is 22.9 Å². The Hall–Kier alpha value is -1.55. The molecule has 2 aromatic rings. The number of fused-ring (bicyclic) bond motifs is 1. The molecule has 0 amide bonds. The third-order valence-electron chi connectivity index (χ3n) is 1.91. The van der Waals surface area contributed by atoms with Gasteiger partial charge >= 0.3 is 0 Å². The first-order valence-electron chi connectivity index (χ1n) is 3.68. The zero-order chi connectivity index (χ0) is 9.42. The summed E-state index contributed by atoms with van der Waals surface area (Å²) in [5.41, 5.74) is 6.04. The molecule has 66 valence electrons. The van der Waals surface area contributed by atoms with Gasteiger partial charge in [0.1, 0.15) is 0 Å². The summed E-state index contributed by atoms with van der Waals surface area (Å²) in [5, 5.41) is 12.3. The minimum Gasteiger partial charge on any atom is -0.504 e. The fourth-order valence-electron chi connectivity index (χ4n) is 1.23. The van der Waals surface area contributed by atoms with Gasteiger partial charge in [0.2, 0.25) is 0 Å². The summed E-state index contributed by atoms with van der Waals surface area (Å²) < 4.78 is 0.725. The van der Waals surface area contributed by atoms with Crippen molar-refractivity contribution in [1.82, 2.24) is 0 Å². The molecule has 0 spiro atoms. The molecule has 0 saturated heterocycles. The van der Waals surface area contributed by atoms with Crippen LogP contribution in [0.3, 0.4) is 0 Å². The molecule has 13 heavy (non-hydrogen) atoms. The summed E-state index contributed by atoms with van der Waals surface area (Å²) >= 11 is 1.40. The maximum atomic E-state index is 10.6. The van der Waals surface area contributed by atoms with Gasteiger partial charge in [0.25, 0.3) is 0 Å². The number of hydrogen-bond acceptors (Lipinski definition) is 4. The van der Waals surface area contributed by atoms with Gasteiger partial charge in [-0.15, -0.1) is 11.3 Å². The smallest absolute Gasteiger partial charge is 0.157 e. The first kappa shape index (κ1) is 8.07. The third-order valence-corrected chi connectivity index (χ3v) is 2.85. The number of rotatable bonds is 1. The lowest BCUT2D eigenvalue weighted by Gasteiger charge is -2.02. The molecular weight excluding hydrogens is 186 g/mol. The van der Waals surface area contributed by atoms with E-state index in [1.165, 1.54) is 11.3 Å². The lowest BCUT2D eigenvalue weighted by molar-refractivity contribution is 0.112. The van der Waals surface area contributed by atoms with Crippen molar-refractivity contribution in [1.29, 1.82) is 0 Å². The second-order valence-electron chi connectivity index (χ2n) is 2.68. The average molecular weight is 193 g/mol. The van der Waals surface area contributed by atoms with Gasteiger partial charge in [-0.25, -0.2) is 0 Å². The van der Waals surface area contributed by atoms with Crippen LogP contribution in [0.15, 0.2) is 17.5 Å². The van der Waals surface area contributed by atoms with Crippen LogP contribution in [0.5, 0.6) is 5.75 Å².